The molecule has 0 heterocycles. The molecule has 80 valence electrons. The van der Waals surface area contributed by atoms with Gasteiger partial charge in [-0.3, -0.25) is 0 Å². The van der Waals surface area contributed by atoms with Crippen molar-refractivity contribution in [1.29, 1.82) is 0 Å². The number of hydrogen-bond donors (Lipinski definition) is 1. The fraction of sp³-hybridized carbons (Fsp3) is 1.00. The van der Waals surface area contributed by atoms with Gasteiger partial charge in [0.05, 0.1) is 6.10 Å². The third kappa shape index (κ3) is 9.84. The maximum Gasteiger partial charge on any atom is 0.0544 e. The molecule has 0 fully saturated rings. The Morgan fingerprint density at radius 3 is 2.38 bits per heavy atom. The molecule has 0 rings (SSSR count). The van der Waals surface area contributed by atoms with E-state index in [0.29, 0.717) is 12.1 Å². The van der Waals surface area contributed by atoms with Gasteiger partial charge in [0.2, 0.25) is 0 Å². The molecular weight excluding hydrogens is 162 g/mol. The van der Waals surface area contributed by atoms with Gasteiger partial charge in [-0.05, 0) is 32.7 Å². The van der Waals surface area contributed by atoms with E-state index in [-0.39, 0.29) is 0 Å². The first-order valence-electron chi connectivity index (χ1n) is 5.51. The molecule has 1 atom stereocenters. The monoisotopic (exact) mass is 187 g/mol. The molecule has 0 aliphatic carbocycles. The van der Waals surface area contributed by atoms with E-state index in [1.807, 2.05) is 0 Å². The Balaban J connectivity index is 2.99. The highest BCUT2D eigenvalue weighted by atomic mass is 16.5. The molecule has 0 aliphatic heterocycles. The fourth-order valence-corrected chi connectivity index (χ4v) is 1.02. The van der Waals surface area contributed by atoms with Crippen LogP contribution in [0.1, 0.15) is 47.0 Å². The van der Waals surface area contributed by atoms with Crippen LogP contribution < -0.4 is 5.32 Å². The van der Waals surface area contributed by atoms with Crippen molar-refractivity contribution >= 4 is 0 Å². The van der Waals surface area contributed by atoms with Crippen molar-refractivity contribution in [2.45, 2.75) is 59.1 Å². The summed E-state index contributed by atoms with van der Waals surface area (Å²) in [6.45, 7) is 10.7. The van der Waals surface area contributed by atoms with E-state index < -0.39 is 0 Å². The highest BCUT2D eigenvalue weighted by molar-refractivity contribution is 4.53. The SMILES string of the molecule is CCC(C)OCCCCNC(C)C. The molecule has 1 N–H and O–H groups in total. The van der Waals surface area contributed by atoms with Crippen molar-refractivity contribution in [2.24, 2.45) is 0 Å². The normalized spacial score (nSPS) is 13.6. The first kappa shape index (κ1) is 12.9. The van der Waals surface area contributed by atoms with Crippen molar-refractivity contribution < 1.29 is 4.74 Å². The first-order chi connectivity index (χ1) is 6.16. The quantitative estimate of drug-likeness (QED) is 0.590. The molecule has 0 aromatic heterocycles. The lowest BCUT2D eigenvalue weighted by atomic mass is 10.3. The molecule has 0 spiro atoms. The number of ether oxygens (including phenoxy) is 1. The molecule has 2 nitrogen and oxygen atoms in total. The second-order valence-electron chi connectivity index (χ2n) is 3.91. The standard InChI is InChI=1S/C11H25NO/c1-5-11(4)13-9-7-6-8-12-10(2)3/h10-12H,5-9H2,1-4H3. The molecule has 0 saturated heterocycles. The Morgan fingerprint density at radius 1 is 1.15 bits per heavy atom. The summed E-state index contributed by atoms with van der Waals surface area (Å²) in [5.74, 6) is 0. The van der Waals surface area contributed by atoms with Crippen LogP contribution in [0.25, 0.3) is 0 Å². The van der Waals surface area contributed by atoms with Crippen molar-refractivity contribution in [2.75, 3.05) is 13.2 Å². The van der Waals surface area contributed by atoms with Gasteiger partial charge in [-0.2, -0.15) is 0 Å². The summed E-state index contributed by atoms with van der Waals surface area (Å²) in [6, 6.07) is 0.607. The zero-order chi connectivity index (χ0) is 10.1. The Bertz CT molecular complexity index is 104. The molecule has 0 aliphatic rings. The molecule has 0 bridgehead atoms. The molecule has 0 aromatic rings. The number of nitrogens with one attached hydrogen (secondary N) is 1. The van der Waals surface area contributed by atoms with Crippen LogP contribution in [-0.2, 0) is 4.74 Å². The van der Waals surface area contributed by atoms with Crippen molar-refractivity contribution in [1.82, 2.24) is 5.32 Å². The smallest absolute Gasteiger partial charge is 0.0544 e. The van der Waals surface area contributed by atoms with Gasteiger partial charge >= 0.3 is 0 Å². The molecule has 0 amide bonds. The molecule has 2 heteroatoms. The van der Waals surface area contributed by atoms with Crippen LogP contribution in [0.5, 0.6) is 0 Å². The highest BCUT2D eigenvalue weighted by Crippen LogP contribution is 1.98. The average Bonchev–Trinajstić information content (AvgIpc) is 2.10. The second-order valence-corrected chi connectivity index (χ2v) is 3.91. The topological polar surface area (TPSA) is 21.3 Å². The summed E-state index contributed by atoms with van der Waals surface area (Å²) < 4.78 is 5.57. The van der Waals surface area contributed by atoms with Crippen LogP contribution in [0.3, 0.4) is 0 Å². The maximum absolute atomic E-state index is 5.57. The van der Waals surface area contributed by atoms with Gasteiger partial charge < -0.3 is 10.1 Å². The second kappa shape index (κ2) is 8.52. The summed E-state index contributed by atoms with van der Waals surface area (Å²) in [4.78, 5) is 0. The third-order valence-electron chi connectivity index (χ3n) is 2.10. The largest absolute Gasteiger partial charge is 0.379 e. The van der Waals surface area contributed by atoms with Gasteiger partial charge in [0.1, 0.15) is 0 Å². The minimum atomic E-state index is 0.429. The van der Waals surface area contributed by atoms with E-state index in [1.54, 1.807) is 0 Å². The van der Waals surface area contributed by atoms with Gasteiger partial charge in [0.25, 0.3) is 0 Å². The van der Waals surface area contributed by atoms with Crippen LogP contribution in [0.4, 0.5) is 0 Å². The Kier molecular flexibility index (Phi) is 8.46. The van der Waals surface area contributed by atoms with E-state index in [9.17, 15) is 0 Å². The Labute approximate surface area is 83.1 Å². The van der Waals surface area contributed by atoms with Crippen molar-refractivity contribution in [3.8, 4) is 0 Å². The summed E-state index contributed by atoms with van der Waals surface area (Å²) >= 11 is 0. The van der Waals surface area contributed by atoms with Gasteiger partial charge in [0, 0.05) is 12.6 Å². The molecule has 1 unspecified atom stereocenters. The van der Waals surface area contributed by atoms with Crippen LogP contribution >= 0.6 is 0 Å². The lowest BCUT2D eigenvalue weighted by Crippen LogP contribution is -2.23. The summed E-state index contributed by atoms with van der Waals surface area (Å²) in [6.07, 6.45) is 3.93. The number of unbranched alkanes of at least 4 members (excludes halogenated alkanes) is 1. The van der Waals surface area contributed by atoms with Crippen LogP contribution in [0.15, 0.2) is 0 Å². The van der Waals surface area contributed by atoms with Gasteiger partial charge in [0.15, 0.2) is 0 Å². The van der Waals surface area contributed by atoms with Crippen LogP contribution in [0.2, 0.25) is 0 Å². The average molecular weight is 187 g/mol. The van der Waals surface area contributed by atoms with Gasteiger partial charge in [-0.15, -0.1) is 0 Å². The number of rotatable bonds is 8. The van der Waals surface area contributed by atoms with Gasteiger partial charge in [-0.25, -0.2) is 0 Å². The van der Waals surface area contributed by atoms with E-state index in [2.05, 4.69) is 33.0 Å². The summed E-state index contributed by atoms with van der Waals surface area (Å²) in [7, 11) is 0. The predicted octanol–water partition coefficient (Wildman–Crippen LogP) is 2.58. The Hall–Kier alpha value is -0.0800. The molecule has 0 aromatic carbocycles. The lowest BCUT2D eigenvalue weighted by molar-refractivity contribution is 0.0610. The zero-order valence-electron chi connectivity index (χ0n) is 9.60. The minimum Gasteiger partial charge on any atom is -0.379 e. The van der Waals surface area contributed by atoms with Crippen molar-refractivity contribution in [3.05, 3.63) is 0 Å². The summed E-state index contributed by atoms with van der Waals surface area (Å²) in [5.41, 5.74) is 0. The molecular formula is C11H25NO. The van der Waals surface area contributed by atoms with E-state index in [0.717, 1.165) is 19.6 Å². The zero-order valence-corrected chi connectivity index (χ0v) is 9.60. The third-order valence-corrected chi connectivity index (χ3v) is 2.10. The van der Waals surface area contributed by atoms with E-state index in [1.165, 1.54) is 12.8 Å². The fourth-order valence-electron chi connectivity index (χ4n) is 1.02. The maximum atomic E-state index is 5.57. The minimum absolute atomic E-state index is 0.429. The predicted molar refractivity (Wildman–Crippen MR) is 58.1 cm³/mol. The van der Waals surface area contributed by atoms with E-state index in [4.69, 9.17) is 4.74 Å². The van der Waals surface area contributed by atoms with E-state index >= 15 is 0 Å². The van der Waals surface area contributed by atoms with Gasteiger partial charge in [-0.1, -0.05) is 20.8 Å². The first-order valence-corrected chi connectivity index (χ1v) is 5.51. The summed E-state index contributed by atoms with van der Waals surface area (Å²) in [5, 5.41) is 3.39. The molecule has 0 saturated carbocycles. The van der Waals surface area contributed by atoms with Crippen LogP contribution in [0, 0.1) is 0 Å². The molecule has 0 radical (unpaired) electrons. The van der Waals surface area contributed by atoms with Crippen molar-refractivity contribution in [3.63, 3.8) is 0 Å². The Morgan fingerprint density at radius 2 is 1.85 bits per heavy atom. The van der Waals surface area contributed by atoms with Crippen LogP contribution in [-0.4, -0.2) is 25.3 Å². The number of hydrogen-bond acceptors (Lipinski definition) is 2. The molecule has 13 heavy (non-hydrogen) atoms. The highest BCUT2D eigenvalue weighted by Gasteiger charge is 1.97. The lowest BCUT2D eigenvalue weighted by Gasteiger charge is -2.11.